The number of aromatic hydroxyl groups is 1. The lowest BCUT2D eigenvalue weighted by molar-refractivity contribution is 0.474. The van der Waals surface area contributed by atoms with E-state index in [4.69, 9.17) is 18.0 Å². The normalized spacial score (nSPS) is 12.5. The molecule has 15 heavy (non-hydrogen) atoms. The van der Waals surface area contributed by atoms with E-state index < -0.39 is 0 Å². The highest BCUT2D eigenvalue weighted by molar-refractivity contribution is 7.80. The summed E-state index contributed by atoms with van der Waals surface area (Å²) in [5.74, 6) is 0.624. The third-order valence-electron chi connectivity index (χ3n) is 2.58. The molecule has 3 N–H and O–H groups in total. The van der Waals surface area contributed by atoms with Gasteiger partial charge in [0.05, 0.1) is 4.99 Å². The summed E-state index contributed by atoms with van der Waals surface area (Å²) < 4.78 is 0. The average molecular weight is 223 g/mol. The molecule has 0 aliphatic carbocycles. The first-order valence-electron chi connectivity index (χ1n) is 5.00. The number of hydrogen-bond acceptors (Lipinski definition) is 2. The molecule has 2 nitrogen and oxygen atoms in total. The number of hydrogen-bond donors (Lipinski definition) is 2. The Kier molecular flexibility index (Phi) is 3.69. The summed E-state index contributed by atoms with van der Waals surface area (Å²) in [6.45, 7) is 6.10. The van der Waals surface area contributed by atoms with Gasteiger partial charge in [-0.1, -0.05) is 19.1 Å². The Bertz CT molecular complexity index is 364. The highest BCUT2D eigenvalue weighted by atomic mass is 32.1. The van der Waals surface area contributed by atoms with Crippen LogP contribution in [-0.2, 0) is 0 Å². The van der Waals surface area contributed by atoms with Crippen molar-refractivity contribution in [2.24, 2.45) is 5.73 Å². The number of phenols is 1. The topological polar surface area (TPSA) is 46.2 Å². The van der Waals surface area contributed by atoms with Gasteiger partial charge in [-0.15, -0.1) is 0 Å². The highest BCUT2D eigenvalue weighted by Gasteiger charge is 2.13. The second-order valence-electron chi connectivity index (χ2n) is 4.06. The van der Waals surface area contributed by atoms with Crippen molar-refractivity contribution in [3.8, 4) is 5.75 Å². The molecule has 0 heterocycles. The zero-order chi connectivity index (χ0) is 11.6. The van der Waals surface area contributed by atoms with Crippen LogP contribution in [0.3, 0.4) is 0 Å². The summed E-state index contributed by atoms with van der Waals surface area (Å²) in [7, 11) is 0. The molecule has 0 aliphatic heterocycles. The van der Waals surface area contributed by atoms with Gasteiger partial charge in [0.15, 0.2) is 0 Å². The molecule has 0 bridgehead atoms. The number of benzene rings is 1. The SMILES string of the molecule is Cc1cc(O)cc(C)c1C(C)CC(N)=S. The third kappa shape index (κ3) is 2.93. The van der Waals surface area contributed by atoms with Gasteiger partial charge in [0, 0.05) is 6.42 Å². The monoisotopic (exact) mass is 223 g/mol. The van der Waals surface area contributed by atoms with E-state index >= 15 is 0 Å². The van der Waals surface area contributed by atoms with Gasteiger partial charge in [-0.05, 0) is 48.6 Å². The summed E-state index contributed by atoms with van der Waals surface area (Å²) in [6.07, 6.45) is 0.710. The highest BCUT2D eigenvalue weighted by Crippen LogP contribution is 2.29. The molecule has 82 valence electrons. The molecule has 0 saturated carbocycles. The van der Waals surface area contributed by atoms with Crippen molar-refractivity contribution in [1.82, 2.24) is 0 Å². The molecule has 0 radical (unpaired) electrons. The minimum Gasteiger partial charge on any atom is -0.508 e. The van der Waals surface area contributed by atoms with Crippen molar-refractivity contribution < 1.29 is 5.11 Å². The predicted octanol–water partition coefficient (Wildman–Crippen LogP) is 2.79. The molecule has 1 atom stereocenters. The molecular formula is C12H17NOS. The summed E-state index contributed by atoms with van der Waals surface area (Å²) >= 11 is 4.91. The van der Waals surface area contributed by atoms with Crippen LogP contribution in [0.15, 0.2) is 12.1 Å². The van der Waals surface area contributed by atoms with E-state index in [0.717, 1.165) is 11.1 Å². The number of aryl methyl sites for hydroxylation is 2. The smallest absolute Gasteiger partial charge is 0.116 e. The third-order valence-corrected chi connectivity index (χ3v) is 2.75. The van der Waals surface area contributed by atoms with Crippen molar-refractivity contribution in [2.45, 2.75) is 33.1 Å². The van der Waals surface area contributed by atoms with Gasteiger partial charge in [-0.3, -0.25) is 0 Å². The minimum absolute atomic E-state index is 0.308. The molecule has 0 spiro atoms. The fraction of sp³-hybridized carbons (Fsp3) is 0.417. The van der Waals surface area contributed by atoms with E-state index in [1.807, 2.05) is 13.8 Å². The van der Waals surface area contributed by atoms with Gasteiger partial charge in [0.2, 0.25) is 0 Å². The number of phenolic OH excluding ortho intramolecular Hbond substituents is 1. The lowest BCUT2D eigenvalue weighted by Crippen LogP contribution is -2.12. The van der Waals surface area contributed by atoms with E-state index in [-0.39, 0.29) is 0 Å². The zero-order valence-corrected chi connectivity index (χ0v) is 10.2. The van der Waals surface area contributed by atoms with E-state index in [1.165, 1.54) is 5.56 Å². The maximum absolute atomic E-state index is 9.43. The van der Waals surface area contributed by atoms with Crippen molar-refractivity contribution in [2.75, 3.05) is 0 Å². The van der Waals surface area contributed by atoms with E-state index in [9.17, 15) is 5.11 Å². The summed E-state index contributed by atoms with van der Waals surface area (Å²) in [4.78, 5) is 0.536. The van der Waals surface area contributed by atoms with Crippen LogP contribution in [0.1, 0.15) is 36.0 Å². The van der Waals surface area contributed by atoms with Crippen LogP contribution in [0.5, 0.6) is 5.75 Å². The van der Waals surface area contributed by atoms with Gasteiger partial charge in [-0.2, -0.15) is 0 Å². The van der Waals surface area contributed by atoms with Gasteiger partial charge in [0.1, 0.15) is 5.75 Å². The lowest BCUT2D eigenvalue weighted by atomic mass is 9.89. The van der Waals surface area contributed by atoms with E-state index in [2.05, 4.69) is 6.92 Å². The molecule has 1 unspecified atom stereocenters. The first kappa shape index (κ1) is 12.0. The molecule has 3 heteroatoms. The number of nitrogens with two attached hydrogens (primary N) is 1. The second-order valence-corrected chi connectivity index (χ2v) is 4.59. The maximum atomic E-state index is 9.43. The van der Waals surface area contributed by atoms with Crippen LogP contribution >= 0.6 is 12.2 Å². The molecule has 1 aromatic carbocycles. The van der Waals surface area contributed by atoms with Crippen molar-refractivity contribution >= 4 is 17.2 Å². The van der Waals surface area contributed by atoms with Crippen molar-refractivity contribution in [1.29, 1.82) is 0 Å². The van der Waals surface area contributed by atoms with Crippen LogP contribution in [0.4, 0.5) is 0 Å². The molecule has 1 aromatic rings. The Balaban J connectivity index is 3.08. The lowest BCUT2D eigenvalue weighted by Gasteiger charge is -2.17. The van der Waals surface area contributed by atoms with Crippen LogP contribution in [0.25, 0.3) is 0 Å². The summed E-state index contributed by atoms with van der Waals surface area (Å²) in [6, 6.07) is 3.55. The van der Waals surface area contributed by atoms with Gasteiger partial charge >= 0.3 is 0 Å². The molecule has 1 rings (SSSR count). The van der Waals surface area contributed by atoms with Gasteiger partial charge < -0.3 is 10.8 Å². The average Bonchev–Trinajstić information content (AvgIpc) is 1.99. The standard InChI is InChI=1S/C12H17NOS/c1-7-4-10(14)5-8(2)12(7)9(3)6-11(13)15/h4-5,9,14H,6H2,1-3H3,(H2,13,15). The fourth-order valence-electron chi connectivity index (χ4n) is 2.13. The molecule has 0 fully saturated rings. The van der Waals surface area contributed by atoms with Crippen LogP contribution in [0.2, 0.25) is 0 Å². The number of rotatable bonds is 3. The van der Waals surface area contributed by atoms with Crippen molar-refractivity contribution in [3.05, 3.63) is 28.8 Å². The molecule has 0 amide bonds. The second kappa shape index (κ2) is 4.62. The minimum atomic E-state index is 0.308. The molecular weight excluding hydrogens is 206 g/mol. The Morgan fingerprint density at radius 3 is 2.27 bits per heavy atom. The molecule has 0 saturated heterocycles. The van der Waals surface area contributed by atoms with Crippen LogP contribution in [0, 0.1) is 13.8 Å². The Hall–Kier alpha value is -1.09. The summed E-state index contributed by atoms with van der Waals surface area (Å²) in [5, 5.41) is 9.43. The van der Waals surface area contributed by atoms with E-state index in [0.29, 0.717) is 23.1 Å². The predicted molar refractivity (Wildman–Crippen MR) is 67.4 cm³/mol. The van der Waals surface area contributed by atoms with Crippen LogP contribution < -0.4 is 5.73 Å². The van der Waals surface area contributed by atoms with Crippen LogP contribution in [-0.4, -0.2) is 10.1 Å². The van der Waals surface area contributed by atoms with Crippen molar-refractivity contribution in [3.63, 3.8) is 0 Å². The first-order chi connectivity index (χ1) is 6.91. The van der Waals surface area contributed by atoms with Gasteiger partial charge in [0.25, 0.3) is 0 Å². The molecule has 0 aromatic heterocycles. The maximum Gasteiger partial charge on any atom is 0.116 e. The van der Waals surface area contributed by atoms with Gasteiger partial charge in [-0.25, -0.2) is 0 Å². The first-order valence-corrected chi connectivity index (χ1v) is 5.41. The Morgan fingerprint density at radius 2 is 1.87 bits per heavy atom. The Labute approximate surface area is 96.1 Å². The fourth-order valence-corrected chi connectivity index (χ4v) is 2.38. The largest absolute Gasteiger partial charge is 0.508 e. The number of thiocarbonyl (C=S) groups is 1. The Morgan fingerprint density at radius 1 is 1.40 bits per heavy atom. The van der Waals surface area contributed by atoms with E-state index in [1.54, 1.807) is 12.1 Å². The molecule has 0 aliphatic rings. The summed E-state index contributed by atoms with van der Waals surface area (Å²) in [5.41, 5.74) is 8.97. The quantitative estimate of drug-likeness (QED) is 0.775. The zero-order valence-electron chi connectivity index (χ0n) is 9.37.